The van der Waals surface area contributed by atoms with Crippen LogP contribution in [0.15, 0.2) is 26.3 Å². The third-order valence-electron chi connectivity index (χ3n) is 2.34. The van der Waals surface area contributed by atoms with E-state index in [1.807, 2.05) is 19.1 Å². The molecule has 3 nitrogen and oxygen atoms in total. The van der Waals surface area contributed by atoms with Crippen LogP contribution >= 0.6 is 23.1 Å². The summed E-state index contributed by atoms with van der Waals surface area (Å²) in [7, 11) is 0. The van der Waals surface area contributed by atoms with Gasteiger partial charge < -0.3 is 9.73 Å². The number of aryl methyl sites for hydroxylation is 1. The Morgan fingerprint density at radius 2 is 2.17 bits per heavy atom. The molecular formula is C13H18N2OS2. The lowest BCUT2D eigenvalue weighted by Gasteiger charge is -2.04. The van der Waals surface area contributed by atoms with Crippen LogP contribution in [0.3, 0.4) is 0 Å². The first-order valence-corrected chi connectivity index (χ1v) is 7.86. The van der Waals surface area contributed by atoms with Crippen LogP contribution in [0.5, 0.6) is 0 Å². The van der Waals surface area contributed by atoms with Gasteiger partial charge in [-0.1, -0.05) is 25.6 Å². The van der Waals surface area contributed by atoms with Crippen LogP contribution in [0.25, 0.3) is 0 Å². The van der Waals surface area contributed by atoms with Gasteiger partial charge in [0.05, 0.1) is 12.3 Å². The Hall–Kier alpha value is -0.780. The molecule has 0 radical (unpaired) electrons. The zero-order chi connectivity index (χ0) is 13.0. The number of furan rings is 1. The average molecular weight is 282 g/mol. The number of nitrogens with zero attached hydrogens (tertiary/aromatic N) is 1. The van der Waals surface area contributed by atoms with Gasteiger partial charge in [-0.05, 0) is 19.1 Å². The van der Waals surface area contributed by atoms with Gasteiger partial charge in [0, 0.05) is 17.1 Å². The lowest BCUT2D eigenvalue weighted by atomic mass is 10.3. The molecule has 0 aliphatic rings. The lowest BCUT2D eigenvalue weighted by Crippen LogP contribution is -2.21. The third-order valence-corrected chi connectivity index (χ3v) is 4.50. The number of nitrogens with one attached hydrogen (secondary N) is 1. The van der Waals surface area contributed by atoms with E-state index in [2.05, 4.69) is 29.5 Å². The molecule has 0 aliphatic carbocycles. The molecule has 0 saturated carbocycles. The molecule has 1 N–H and O–H groups in total. The molecule has 0 spiro atoms. The highest BCUT2D eigenvalue weighted by Crippen LogP contribution is 2.26. The molecular weight excluding hydrogens is 264 g/mol. The highest BCUT2D eigenvalue weighted by Gasteiger charge is 2.05. The third kappa shape index (κ3) is 4.15. The van der Waals surface area contributed by atoms with Crippen molar-refractivity contribution in [2.24, 2.45) is 0 Å². The van der Waals surface area contributed by atoms with E-state index in [-0.39, 0.29) is 0 Å². The van der Waals surface area contributed by atoms with E-state index < -0.39 is 0 Å². The Morgan fingerprint density at radius 3 is 2.83 bits per heavy atom. The van der Waals surface area contributed by atoms with Crippen LogP contribution in [0.4, 0.5) is 0 Å². The maximum absolute atomic E-state index is 5.76. The lowest BCUT2D eigenvalue weighted by molar-refractivity contribution is 0.445. The van der Waals surface area contributed by atoms with Crippen molar-refractivity contribution in [2.75, 3.05) is 0 Å². The Bertz CT molecular complexity index is 491. The summed E-state index contributed by atoms with van der Waals surface area (Å²) in [6, 6.07) is 4.56. The number of hydrogen-bond acceptors (Lipinski definition) is 5. The Morgan fingerprint density at radius 1 is 1.39 bits per heavy atom. The van der Waals surface area contributed by atoms with Crippen LogP contribution in [-0.2, 0) is 12.3 Å². The number of hydrogen-bond donors (Lipinski definition) is 1. The quantitative estimate of drug-likeness (QED) is 0.817. The molecule has 5 heteroatoms. The molecule has 98 valence electrons. The largest absolute Gasteiger partial charge is 0.464 e. The summed E-state index contributed by atoms with van der Waals surface area (Å²) < 4.78 is 6.86. The number of thiazole rings is 1. The molecule has 0 aromatic carbocycles. The van der Waals surface area contributed by atoms with E-state index >= 15 is 0 Å². The molecule has 0 atom stereocenters. The van der Waals surface area contributed by atoms with E-state index in [1.165, 1.54) is 0 Å². The van der Waals surface area contributed by atoms with Gasteiger partial charge in [-0.3, -0.25) is 0 Å². The molecule has 0 amide bonds. The number of aromatic nitrogens is 1. The van der Waals surface area contributed by atoms with Gasteiger partial charge in [0.1, 0.15) is 11.5 Å². The van der Waals surface area contributed by atoms with Gasteiger partial charge in [0.15, 0.2) is 4.34 Å². The Kier molecular flexibility index (Phi) is 4.86. The summed E-state index contributed by atoms with van der Waals surface area (Å²) in [5.41, 5.74) is 1.09. The predicted octanol–water partition coefficient (Wildman–Crippen LogP) is 3.83. The van der Waals surface area contributed by atoms with Crippen molar-refractivity contribution in [1.82, 2.24) is 10.3 Å². The Labute approximate surface area is 116 Å². The first-order valence-electron chi connectivity index (χ1n) is 5.99. The minimum atomic E-state index is 0.478. The van der Waals surface area contributed by atoms with E-state index in [0.717, 1.165) is 33.9 Å². The topological polar surface area (TPSA) is 38.1 Å². The summed E-state index contributed by atoms with van der Waals surface area (Å²) in [5, 5.41) is 5.41. The SMILES string of the molecule is Cc1csc(SCc2ccc(CNC(C)C)o2)n1. The molecule has 0 saturated heterocycles. The highest BCUT2D eigenvalue weighted by molar-refractivity contribution is 8.00. The molecule has 0 fully saturated rings. The average Bonchev–Trinajstić information content (AvgIpc) is 2.93. The van der Waals surface area contributed by atoms with Crippen molar-refractivity contribution in [3.8, 4) is 0 Å². The van der Waals surface area contributed by atoms with E-state index in [1.54, 1.807) is 23.1 Å². The van der Waals surface area contributed by atoms with Crippen molar-refractivity contribution in [1.29, 1.82) is 0 Å². The number of rotatable bonds is 6. The van der Waals surface area contributed by atoms with Crippen LogP contribution < -0.4 is 5.32 Å². The standard InChI is InChI=1S/C13H18N2OS2/c1-9(2)14-6-11-4-5-12(16-11)8-18-13-15-10(3)7-17-13/h4-5,7,9,14H,6,8H2,1-3H3. The van der Waals surface area contributed by atoms with Crippen LogP contribution in [0, 0.1) is 6.92 Å². The summed E-state index contributed by atoms with van der Waals surface area (Å²) in [6.07, 6.45) is 0. The van der Waals surface area contributed by atoms with Gasteiger partial charge in [-0.2, -0.15) is 0 Å². The molecule has 0 unspecified atom stereocenters. The van der Waals surface area contributed by atoms with Crippen molar-refractivity contribution in [3.05, 3.63) is 34.7 Å². The molecule has 2 rings (SSSR count). The second kappa shape index (κ2) is 6.41. The molecule has 0 aliphatic heterocycles. The van der Waals surface area contributed by atoms with E-state index in [9.17, 15) is 0 Å². The van der Waals surface area contributed by atoms with Crippen LogP contribution in [0.2, 0.25) is 0 Å². The smallest absolute Gasteiger partial charge is 0.150 e. The maximum Gasteiger partial charge on any atom is 0.150 e. The van der Waals surface area contributed by atoms with Crippen LogP contribution in [-0.4, -0.2) is 11.0 Å². The molecule has 2 aromatic heterocycles. The van der Waals surface area contributed by atoms with Gasteiger partial charge in [-0.25, -0.2) is 4.98 Å². The van der Waals surface area contributed by atoms with Gasteiger partial charge in [0.25, 0.3) is 0 Å². The summed E-state index contributed by atoms with van der Waals surface area (Å²) in [6.45, 7) is 7.07. The molecule has 2 heterocycles. The summed E-state index contributed by atoms with van der Waals surface area (Å²) in [4.78, 5) is 4.42. The number of thioether (sulfide) groups is 1. The Balaban J connectivity index is 1.83. The van der Waals surface area contributed by atoms with Crippen molar-refractivity contribution < 1.29 is 4.42 Å². The zero-order valence-corrected chi connectivity index (χ0v) is 12.5. The molecule has 0 bridgehead atoms. The summed E-state index contributed by atoms with van der Waals surface area (Å²) in [5.74, 6) is 2.84. The normalized spacial score (nSPS) is 11.3. The minimum absolute atomic E-state index is 0.478. The van der Waals surface area contributed by atoms with Gasteiger partial charge >= 0.3 is 0 Å². The summed E-state index contributed by atoms with van der Waals surface area (Å²) >= 11 is 3.41. The second-order valence-electron chi connectivity index (χ2n) is 4.45. The maximum atomic E-state index is 5.76. The second-order valence-corrected chi connectivity index (χ2v) is 6.53. The van der Waals surface area contributed by atoms with Crippen LogP contribution in [0.1, 0.15) is 31.1 Å². The molecule has 2 aromatic rings. The first kappa shape index (κ1) is 13.6. The first-order chi connectivity index (χ1) is 8.63. The fourth-order valence-electron chi connectivity index (χ4n) is 1.43. The fourth-order valence-corrected chi connectivity index (χ4v) is 3.17. The van der Waals surface area contributed by atoms with Gasteiger partial charge in [0.2, 0.25) is 0 Å². The zero-order valence-electron chi connectivity index (χ0n) is 10.9. The fraction of sp³-hybridized carbons (Fsp3) is 0.462. The van der Waals surface area contributed by atoms with E-state index in [4.69, 9.17) is 4.42 Å². The minimum Gasteiger partial charge on any atom is -0.464 e. The predicted molar refractivity (Wildman–Crippen MR) is 77.1 cm³/mol. The molecule has 18 heavy (non-hydrogen) atoms. The van der Waals surface area contributed by atoms with Gasteiger partial charge in [-0.15, -0.1) is 11.3 Å². The van der Waals surface area contributed by atoms with Crippen molar-refractivity contribution in [3.63, 3.8) is 0 Å². The monoisotopic (exact) mass is 282 g/mol. The van der Waals surface area contributed by atoms with E-state index in [0.29, 0.717) is 6.04 Å². The van der Waals surface area contributed by atoms with Crippen molar-refractivity contribution >= 4 is 23.1 Å². The highest BCUT2D eigenvalue weighted by atomic mass is 32.2. The van der Waals surface area contributed by atoms with Crippen molar-refractivity contribution in [2.45, 2.75) is 43.5 Å².